The van der Waals surface area contributed by atoms with E-state index in [4.69, 9.17) is 14.2 Å². The number of hydrogen-bond donors (Lipinski definition) is 0. The van der Waals surface area contributed by atoms with Crippen LogP contribution in [0.15, 0.2) is 77.7 Å². The molecular weight excluding hydrogens is 412 g/mol. The zero-order valence-electron chi connectivity index (χ0n) is 18.1. The van der Waals surface area contributed by atoms with Gasteiger partial charge in [-0.1, -0.05) is 60.7 Å². The Hall–Kier alpha value is -1.99. The normalized spacial score (nSPS) is 28.6. The Bertz CT molecular complexity index is 1000. The van der Waals surface area contributed by atoms with E-state index in [0.29, 0.717) is 19.4 Å². The first-order valence-electron chi connectivity index (χ1n) is 10.7. The lowest BCUT2D eigenvalue weighted by atomic mass is 9.87. The second-order valence-corrected chi connectivity index (χ2v) is 10.9. The topological polar surface area (TPSA) is 61.8 Å². The summed E-state index contributed by atoms with van der Waals surface area (Å²) >= 11 is 0. The van der Waals surface area contributed by atoms with Gasteiger partial charge in [0.2, 0.25) is 0 Å². The Balaban J connectivity index is 1.73. The van der Waals surface area contributed by atoms with E-state index in [9.17, 15) is 8.42 Å². The van der Waals surface area contributed by atoms with E-state index in [-0.39, 0.29) is 29.6 Å². The standard InChI is InChI=1S/C25H30O5S/c1-18(2)30-24-25(31(26,27)21-12-8-5-9-13-21)15-19(3)14-22(25)23(17-29-24)28-16-20-10-6-4-7-11-20/h4-13,18,22-24H,3,14-17H2,1-2H3/t22-,23+,24-,25+/m0/s1. The number of benzene rings is 2. The Morgan fingerprint density at radius 1 is 1.10 bits per heavy atom. The third-order valence-corrected chi connectivity index (χ3v) is 8.71. The second-order valence-electron chi connectivity index (χ2n) is 8.69. The van der Waals surface area contributed by atoms with Crippen LogP contribution in [0.3, 0.4) is 0 Å². The first-order chi connectivity index (χ1) is 14.8. The van der Waals surface area contributed by atoms with Crippen molar-refractivity contribution in [3.63, 3.8) is 0 Å². The average Bonchev–Trinajstić information content (AvgIpc) is 3.13. The lowest BCUT2D eigenvalue weighted by Crippen LogP contribution is -2.62. The molecule has 1 saturated carbocycles. The predicted octanol–water partition coefficient (Wildman–Crippen LogP) is 4.53. The summed E-state index contributed by atoms with van der Waals surface area (Å²) in [6.07, 6.45) is -0.544. The Labute approximate surface area is 184 Å². The zero-order valence-corrected chi connectivity index (χ0v) is 18.9. The molecule has 166 valence electrons. The van der Waals surface area contributed by atoms with Gasteiger partial charge in [-0.2, -0.15) is 0 Å². The summed E-state index contributed by atoms with van der Waals surface area (Å²) in [7, 11) is -3.79. The molecule has 2 aliphatic rings. The molecule has 5 nitrogen and oxygen atoms in total. The van der Waals surface area contributed by atoms with Gasteiger partial charge in [-0.25, -0.2) is 8.42 Å². The molecule has 1 saturated heterocycles. The summed E-state index contributed by atoms with van der Waals surface area (Å²) in [5, 5.41) is 0. The molecule has 2 aromatic carbocycles. The van der Waals surface area contributed by atoms with Gasteiger partial charge in [-0.15, -0.1) is 0 Å². The number of rotatable bonds is 7. The number of ether oxygens (including phenoxy) is 3. The summed E-state index contributed by atoms with van der Waals surface area (Å²) in [6.45, 7) is 8.63. The van der Waals surface area contributed by atoms with Gasteiger partial charge in [0, 0.05) is 5.92 Å². The predicted molar refractivity (Wildman–Crippen MR) is 119 cm³/mol. The Morgan fingerprint density at radius 2 is 1.74 bits per heavy atom. The van der Waals surface area contributed by atoms with Crippen LogP contribution in [0.5, 0.6) is 0 Å². The van der Waals surface area contributed by atoms with Crippen LogP contribution in [0.1, 0.15) is 32.3 Å². The minimum atomic E-state index is -3.79. The molecule has 0 bridgehead atoms. The summed E-state index contributed by atoms with van der Waals surface area (Å²) < 4.78 is 45.3. The number of allylic oxidation sites excluding steroid dienone is 1. The average molecular weight is 443 g/mol. The molecule has 0 unspecified atom stereocenters. The van der Waals surface area contributed by atoms with E-state index in [0.717, 1.165) is 11.1 Å². The number of sulfone groups is 1. The van der Waals surface area contributed by atoms with Crippen molar-refractivity contribution in [3.8, 4) is 0 Å². The van der Waals surface area contributed by atoms with Crippen molar-refractivity contribution in [1.29, 1.82) is 0 Å². The van der Waals surface area contributed by atoms with Gasteiger partial charge >= 0.3 is 0 Å². The van der Waals surface area contributed by atoms with E-state index in [2.05, 4.69) is 6.58 Å². The third kappa shape index (κ3) is 4.10. The molecule has 0 spiro atoms. The highest BCUT2D eigenvalue weighted by Crippen LogP contribution is 2.54. The van der Waals surface area contributed by atoms with E-state index in [1.165, 1.54) is 0 Å². The van der Waals surface area contributed by atoms with Gasteiger partial charge in [0.1, 0.15) is 4.75 Å². The van der Waals surface area contributed by atoms with Crippen LogP contribution in [0.25, 0.3) is 0 Å². The van der Waals surface area contributed by atoms with Crippen molar-refractivity contribution >= 4 is 9.84 Å². The maximum atomic E-state index is 14.1. The van der Waals surface area contributed by atoms with Gasteiger partial charge in [0.05, 0.1) is 30.3 Å². The molecule has 2 fully saturated rings. The van der Waals surface area contributed by atoms with Crippen molar-refractivity contribution in [3.05, 3.63) is 78.4 Å². The highest BCUT2D eigenvalue weighted by Gasteiger charge is 2.65. The van der Waals surface area contributed by atoms with E-state index >= 15 is 0 Å². The van der Waals surface area contributed by atoms with Gasteiger partial charge in [-0.3, -0.25) is 0 Å². The van der Waals surface area contributed by atoms with Crippen molar-refractivity contribution in [2.24, 2.45) is 5.92 Å². The highest BCUT2D eigenvalue weighted by molar-refractivity contribution is 7.93. The summed E-state index contributed by atoms with van der Waals surface area (Å²) in [6, 6.07) is 18.5. The van der Waals surface area contributed by atoms with E-state index in [1.807, 2.05) is 50.2 Å². The number of fused-ring (bicyclic) bond motifs is 1. The molecule has 1 aliphatic carbocycles. The van der Waals surface area contributed by atoms with Gasteiger partial charge < -0.3 is 14.2 Å². The Kier molecular flexibility index (Phi) is 6.35. The Morgan fingerprint density at radius 3 is 2.39 bits per heavy atom. The van der Waals surface area contributed by atoms with E-state index < -0.39 is 20.9 Å². The molecular formula is C25H30O5S. The molecule has 2 aromatic rings. The first kappa shape index (κ1) is 22.2. The van der Waals surface area contributed by atoms with Crippen LogP contribution in [-0.4, -0.2) is 38.3 Å². The number of hydrogen-bond acceptors (Lipinski definition) is 5. The van der Waals surface area contributed by atoms with Crippen molar-refractivity contribution < 1.29 is 22.6 Å². The minimum Gasteiger partial charge on any atom is -0.371 e. The lowest BCUT2D eigenvalue weighted by molar-refractivity contribution is -0.241. The molecule has 1 aliphatic heterocycles. The lowest BCUT2D eigenvalue weighted by Gasteiger charge is -2.47. The van der Waals surface area contributed by atoms with Crippen LogP contribution in [0, 0.1) is 5.92 Å². The second kappa shape index (κ2) is 8.87. The quantitative estimate of drug-likeness (QED) is 0.590. The largest absolute Gasteiger partial charge is 0.371 e. The maximum absolute atomic E-state index is 14.1. The fraction of sp³-hybridized carbons (Fsp3) is 0.440. The summed E-state index contributed by atoms with van der Waals surface area (Å²) in [5.41, 5.74) is 1.93. The molecule has 6 heteroatoms. The molecule has 1 heterocycles. The van der Waals surface area contributed by atoms with Crippen LogP contribution in [0.2, 0.25) is 0 Å². The van der Waals surface area contributed by atoms with Crippen LogP contribution >= 0.6 is 0 Å². The maximum Gasteiger partial charge on any atom is 0.189 e. The molecule has 0 amide bonds. The monoisotopic (exact) mass is 442 g/mol. The molecule has 4 atom stereocenters. The van der Waals surface area contributed by atoms with Gasteiger partial charge in [-0.05, 0) is 44.4 Å². The molecule has 0 radical (unpaired) electrons. The van der Waals surface area contributed by atoms with Crippen molar-refractivity contribution in [2.45, 2.75) is 61.4 Å². The molecule has 0 N–H and O–H groups in total. The van der Waals surface area contributed by atoms with Crippen LogP contribution < -0.4 is 0 Å². The zero-order chi connectivity index (χ0) is 22.1. The highest BCUT2D eigenvalue weighted by atomic mass is 32.2. The third-order valence-electron chi connectivity index (χ3n) is 6.18. The fourth-order valence-electron chi connectivity index (χ4n) is 4.80. The van der Waals surface area contributed by atoms with Gasteiger partial charge in [0.25, 0.3) is 0 Å². The first-order valence-corrected chi connectivity index (χ1v) is 12.2. The van der Waals surface area contributed by atoms with Crippen molar-refractivity contribution in [1.82, 2.24) is 0 Å². The van der Waals surface area contributed by atoms with Crippen molar-refractivity contribution in [2.75, 3.05) is 6.61 Å². The summed E-state index contributed by atoms with van der Waals surface area (Å²) in [5.74, 6) is -0.300. The van der Waals surface area contributed by atoms with Gasteiger partial charge in [0.15, 0.2) is 16.1 Å². The van der Waals surface area contributed by atoms with Crippen LogP contribution in [-0.2, 0) is 30.7 Å². The molecule has 0 aromatic heterocycles. The molecule has 4 rings (SSSR count). The minimum absolute atomic E-state index is 0.177. The van der Waals surface area contributed by atoms with E-state index in [1.54, 1.807) is 24.3 Å². The smallest absolute Gasteiger partial charge is 0.189 e. The molecule has 31 heavy (non-hydrogen) atoms. The summed E-state index contributed by atoms with van der Waals surface area (Å²) in [4.78, 5) is 0.277. The SMILES string of the molecule is C=C1C[C@H]2[C@H](OCc3ccccc3)CO[C@@H](OC(C)C)[C@@]2(S(=O)(=O)c2ccccc2)C1. The van der Waals surface area contributed by atoms with Crippen LogP contribution in [0.4, 0.5) is 0 Å². The fourth-order valence-corrected chi connectivity index (χ4v) is 7.16.